The lowest BCUT2D eigenvalue weighted by Crippen LogP contribution is -2.25. The number of amides is 2. The van der Waals surface area contributed by atoms with E-state index in [1.54, 1.807) is 30.5 Å². The molecule has 2 N–H and O–H groups in total. The van der Waals surface area contributed by atoms with Gasteiger partial charge in [-0.1, -0.05) is 44.0 Å². The van der Waals surface area contributed by atoms with Crippen LogP contribution < -0.4 is 10.6 Å². The number of benzene rings is 1. The molecule has 0 heterocycles. The number of rotatable bonds is 2. The van der Waals surface area contributed by atoms with Crippen LogP contribution in [0.3, 0.4) is 0 Å². The zero-order chi connectivity index (χ0) is 13.8. The van der Waals surface area contributed by atoms with Crippen molar-refractivity contribution >= 4 is 23.3 Å². The number of hydrogen-bond donors (Lipinski definition) is 2. The Morgan fingerprint density at radius 1 is 1.33 bits per heavy atom. The first-order valence-electron chi connectivity index (χ1n) is 5.79. The lowest BCUT2D eigenvalue weighted by molar-refractivity contribution is 0.255. The SMILES string of the molecule is C/C(=C\NC(=O)Nc1cccc(Cl)c1)C(C)(C)C. The summed E-state index contributed by atoms with van der Waals surface area (Å²) in [6.45, 7) is 8.26. The van der Waals surface area contributed by atoms with Gasteiger partial charge in [-0.05, 0) is 30.5 Å². The van der Waals surface area contributed by atoms with Crippen molar-refractivity contribution in [1.29, 1.82) is 0 Å². The lowest BCUT2D eigenvalue weighted by atomic mass is 9.88. The summed E-state index contributed by atoms with van der Waals surface area (Å²) in [6, 6.07) is 6.75. The second-order valence-electron chi connectivity index (χ2n) is 5.19. The molecule has 0 bridgehead atoms. The molecule has 2 amide bonds. The molecule has 0 radical (unpaired) electrons. The maximum atomic E-state index is 11.6. The van der Waals surface area contributed by atoms with Crippen LogP contribution in [0.4, 0.5) is 10.5 Å². The number of hydrogen-bond acceptors (Lipinski definition) is 1. The number of carbonyl (C=O) groups excluding carboxylic acids is 1. The summed E-state index contributed by atoms with van der Waals surface area (Å²) >= 11 is 5.83. The van der Waals surface area contributed by atoms with Crippen LogP contribution in [-0.4, -0.2) is 6.03 Å². The van der Waals surface area contributed by atoms with Crippen LogP contribution in [0.2, 0.25) is 5.02 Å². The average molecular weight is 267 g/mol. The number of urea groups is 1. The zero-order valence-corrected chi connectivity index (χ0v) is 11.9. The molecule has 0 aliphatic carbocycles. The monoisotopic (exact) mass is 266 g/mol. The quantitative estimate of drug-likeness (QED) is 0.818. The second-order valence-corrected chi connectivity index (χ2v) is 5.62. The van der Waals surface area contributed by atoms with Crippen LogP contribution in [0.1, 0.15) is 27.7 Å². The van der Waals surface area contributed by atoms with Crippen LogP contribution in [0.5, 0.6) is 0 Å². The van der Waals surface area contributed by atoms with Gasteiger partial charge >= 0.3 is 6.03 Å². The highest BCUT2D eigenvalue weighted by molar-refractivity contribution is 6.30. The van der Waals surface area contributed by atoms with E-state index in [9.17, 15) is 4.79 Å². The Morgan fingerprint density at radius 3 is 2.56 bits per heavy atom. The summed E-state index contributed by atoms with van der Waals surface area (Å²) in [5.74, 6) is 0. The van der Waals surface area contributed by atoms with Gasteiger partial charge in [-0.3, -0.25) is 0 Å². The van der Waals surface area contributed by atoms with Crippen molar-refractivity contribution in [3.8, 4) is 0 Å². The predicted octanol–water partition coefficient (Wildman–Crippen LogP) is 4.41. The molecule has 0 saturated carbocycles. The van der Waals surface area contributed by atoms with Gasteiger partial charge in [0.05, 0.1) is 0 Å². The van der Waals surface area contributed by atoms with Gasteiger partial charge in [0.25, 0.3) is 0 Å². The highest BCUT2D eigenvalue weighted by atomic mass is 35.5. The number of carbonyl (C=O) groups is 1. The van der Waals surface area contributed by atoms with Gasteiger partial charge in [0.2, 0.25) is 0 Å². The maximum absolute atomic E-state index is 11.6. The van der Waals surface area contributed by atoms with E-state index >= 15 is 0 Å². The predicted molar refractivity (Wildman–Crippen MR) is 76.8 cm³/mol. The molecule has 0 unspecified atom stereocenters. The van der Waals surface area contributed by atoms with Gasteiger partial charge in [-0.25, -0.2) is 4.79 Å². The number of nitrogens with one attached hydrogen (secondary N) is 2. The minimum atomic E-state index is -0.277. The third-order valence-corrected chi connectivity index (χ3v) is 2.92. The van der Waals surface area contributed by atoms with E-state index < -0.39 is 0 Å². The molecule has 0 atom stereocenters. The third kappa shape index (κ3) is 4.80. The van der Waals surface area contributed by atoms with Crippen molar-refractivity contribution in [2.45, 2.75) is 27.7 Å². The molecule has 0 spiro atoms. The summed E-state index contributed by atoms with van der Waals surface area (Å²) in [4.78, 5) is 11.6. The highest BCUT2D eigenvalue weighted by Gasteiger charge is 2.12. The van der Waals surface area contributed by atoms with E-state index in [-0.39, 0.29) is 11.4 Å². The molecule has 0 saturated heterocycles. The normalized spacial score (nSPS) is 12.2. The number of halogens is 1. The largest absolute Gasteiger partial charge is 0.323 e. The van der Waals surface area contributed by atoms with E-state index in [2.05, 4.69) is 31.4 Å². The van der Waals surface area contributed by atoms with Crippen LogP contribution >= 0.6 is 11.6 Å². The van der Waals surface area contributed by atoms with Crippen molar-refractivity contribution in [3.63, 3.8) is 0 Å². The molecule has 3 nitrogen and oxygen atoms in total. The fraction of sp³-hybridized carbons (Fsp3) is 0.357. The molecule has 1 aromatic carbocycles. The lowest BCUT2D eigenvalue weighted by Gasteiger charge is -2.19. The Morgan fingerprint density at radius 2 is 2.00 bits per heavy atom. The molecule has 1 aromatic rings. The summed E-state index contributed by atoms with van der Waals surface area (Å²) in [5.41, 5.74) is 1.81. The second kappa shape index (κ2) is 5.91. The van der Waals surface area contributed by atoms with Crippen LogP contribution in [0, 0.1) is 5.41 Å². The van der Waals surface area contributed by atoms with Crippen LogP contribution in [0.25, 0.3) is 0 Å². The van der Waals surface area contributed by atoms with Gasteiger partial charge in [0.1, 0.15) is 0 Å². The van der Waals surface area contributed by atoms with E-state index in [0.29, 0.717) is 10.7 Å². The van der Waals surface area contributed by atoms with Crippen molar-refractivity contribution < 1.29 is 4.79 Å². The van der Waals surface area contributed by atoms with Gasteiger partial charge < -0.3 is 10.6 Å². The van der Waals surface area contributed by atoms with E-state index in [1.807, 2.05) is 6.92 Å². The van der Waals surface area contributed by atoms with Crippen molar-refractivity contribution in [1.82, 2.24) is 5.32 Å². The molecule has 98 valence electrons. The molecular formula is C14H19ClN2O. The minimum Gasteiger partial charge on any atom is -0.314 e. The minimum absolute atomic E-state index is 0.0450. The van der Waals surface area contributed by atoms with Crippen molar-refractivity contribution in [2.75, 3.05) is 5.32 Å². The third-order valence-electron chi connectivity index (χ3n) is 2.69. The zero-order valence-electron chi connectivity index (χ0n) is 11.2. The number of allylic oxidation sites excluding steroid dienone is 1. The van der Waals surface area contributed by atoms with Crippen molar-refractivity contribution in [2.24, 2.45) is 5.41 Å². The molecule has 0 aromatic heterocycles. The fourth-order valence-electron chi connectivity index (χ4n) is 1.12. The van der Waals surface area contributed by atoms with Crippen LogP contribution in [0.15, 0.2) is 36.0 Å². The Bertz CT molecular complexity index is 461. The molecular weight excluding hydrogens is 248 g/mol. The highest BCUT2D eigenvalue weighted by Crippen LogP contribution is 2.23. The summed E-state index contributed by atoms with van der Waals surface area (Å²) in [5, 5.41) is 6.00. The molecule has 0 aliphatic heterocycles. The van der Waals surface area contributed by atoms with Crippen molar-refractivity contribution in [3.05, 3.63) is 41.1 Å². The standard InChI is InChI=1S/C14H19ClN2O/c1-10(14(2,3)4)9-16-13(18)17-12-7-5-6-11(15)8-12/h5-9H,1-4H3,(H2,16,17,18)/b10-9+. The average Bonchev–Trinajstić information content (AvgIpc) is 2.24. The summed E-state index contributed by atoms with van der Waals surface area (Å²) < 4.78 is 0. The smallest absolute Gasteiger partial charge is 0.314 e. The first-order valence-corrected chi connectivity index (χ1v) is 6.17. The van der Waals surface area contributed by atoms with Gasteiger partial charge in [-0.2, -0.15) is 0 Å². The Kier molecular flexibility index (Phi) is 4.79. The van der Waals surface area contributed by atoms with E-state index in [0.717, 1.165) is 5.57 Å². The topological polar surface area (TPSA) is 41.1 Å². The molecule has 1 rings (SSSR count). The van der Waals surface area contributed by atoms with Gasteiger partial charge in [0, 0.05) is 16.9 Å². The Hall–Kier alpha value is -1.48. The van der Waals surface area contributed by atoms with E-state index in [4.69, 9.17) is 11.6 Å². The first kappa shape index (κ1) is 14.6. The Balaban J connectivity index is 2.58. The molecule has 0 fully saturated rings. The molecule has 0 aliphatic rings. The van der Waals surface area contributed by atoms with Gasteiger partial charge in [-0.15, -0.1) is 0 Å². The molecule has 4 heteroatoms. The number of anilines is 1. The fourth-order valence-corrected chi connectivity index (χ4v) is 1.31. The maximum Gasteiger partial charge on any atom is 0.323 e. The first-order chi connectivity index (χ1) is 8.29. The molecule has 18 heavy (non-hydrogen) atoms. The summed E-state index contributed by atoms with van der Waals surface area (Å²) in [7, 11) is 0. The van der Waals surface area contributed by atoms with E-state index in [1.165, 1.54) is 0 Å². The van der Waals surface area contributed by atoms with Crippen LogP contribution in [-0.2, 0) is 0 Å². The van der Waals surface area contributed by atoms with Gasteiger partial charge in [0.15, 0.2) is 0 Å². The summed E-state index contributed by atoms with van der Waals surface area (Å²) in [6.07, 6.45) is 1.72. The Labute approximate surface area is 113 Å².